The largest absolute Gasteiger partial charge is 1.00 e. The summed E-state index contributed by atoms with van der Waals surface area (Å²) in [5.41, 5.74) is 0. The van der Waals surface area contributed by atoms with Crippen molar-refractivity contribution in [3.8, 4) is 0 Å². The zero-order chi connectivity index (χ0) is 13.2. The highest BCUT2D eigenvalue weighted by Gasteiger charge is 2.15. The van der Waals surface area contributed by atoms with Crippen molar-refractivity contribution in [2.24, 2.45) is 0 Å². The second kappa shape index (κ2) is 11.0. The molecule has 3 nitrogen and oxygen atoms in total. The summed E-state index contributed by atoms with van der Waals surface area (Å²) in [6.45, 7) is 4.07. The Morgan fingerprint density at radius 3 is 2.37 bits per heavy atom. The van der Waals surface area contributed by atoms with E-state index in [1.807, 2.05) is 42.1 Å². The van der Waals surface area contributed by atoms with Crippen molar-refractivity contribution in [3.05, 3.63) is 30.6 Å². The van der Waals surface area contributed by atoms with Crippen LogP contribution in [0, 0.1) is 0 Å². The summed E-state index contributed by atoms with van der Waals surface area (Å²) in [6.07, 6.45) is 9.86. The summed E-state index contributed by atoms with van der Waals surface area (Å²) >= 11 is 0. The van der Waals surface area contributed by atoms with E-state index < -0.39 is 0 Å². The summed E-state index contributed by atoms with van der Waals surface area (Å²) in [5.74, 6) is -0.102. The van der Waals surface area contributed by atoms with E-state index in [0.717, 1.165) is 12.8 Å². The van der Waals surface area contributed by atoms with Crippen molar-refractivity contribution in [1.82, 2.24) is 0 Å². The molecule has 1 unspecified atom stereocenters. The van der Waals surface area contributed by atoms with Gasteiger partial charge in [0.05, 0.1) is 0 Å². The van der Waals surface area contributed by atoms with Crippen molar-refractivity contribution in [2.75, 3.05) is 0 Å². The molecule has 19 heavy (non-hydrogen) atoms. The van der Waals surface area contributed by atoms with Gasteiger partial charge < -0.3 is 21.7 Å². The molecule has 1 aromatic rings. The first kappa shape index (κ1) is 18.1. The molecule has 0 radical (unpaired) electrons. The van der Waals surface area contributed by atoms with Crippen LogP contribution in [0.5, 0.6) is 0 Å². The van der Waals surface area contributed by atoms with E-state index >= 15 is 0 Å². The average molecular weight is 330 g/mol. The number of esters is 1. The maximum atomic E-state index is 11.6. The third kappa shape index (κ3) is 7.98. The number of nitrogens with zero attached hydrogens (tertiary/aromatic N) is 1. The Bertz CT molecular complexity index is 343. The minimum atomic E-state index is -0.227. The molecular formula is C15H24BrNO2. The molecule has 0 spiro atoms. The van der Waals surface area contributed by atoms with Crippen LogP contribution in [0.3, 0.4) is 0 Å². The highest BCUT2D eigenvalue weighted by atomic mass is 79.9. The first-order valence-corrected chi connectivity index (χ1v) is 6.89. The lowest BCUT2D eigenvalue weighted by Crippen LogP contribution is -3.00. The number of unbranched alkanes of at least 4 members (excludes halogenated alkanes) is 4. The van der Waals surface area contributed by atoms with Crippen LogP contribution in [0.4, 0.5) is 0 Å². The van der Waals surface area contributed by atoms with Crippen molar-refractivity contribution in [1.29, 1.82) is 0 Å². The molecule has 0 aromatic carbocycles. The minimum Gasteiger partial charge on any atom is -1.00 e. The molecule has 4 heteroatoms. The number of carbonyl (C=O) groups is 1. The maximum Gasteiger partial charge on any atom is 0.310 e. The van der Waals surface area contributed by atoms with Crippen LogP contribution in [-0.4, -0.2) is 5.97 Å². The molecule has 0 aliphatic rings. The fourth-order valence-corrected chi connectivity index (χ4v) is 1.84. The van der Waals surface area contributed by atoms with Gasteiger partial charge in [0.25, 0.3) is 0 Å². The van der Waals surface area contributed by atoms with Gasteiger partial charge in [0, 0.05) is 25.5 Å². The number of rotatable bonds is 8. The Kier molecular flexibility index (Phi) is 10.5. The number of aromatic nitrogens is 1. The number of ether oxygens (including phenoxy) is 1. The minimum absolute atomic E-state index is 0. The first-order valence-electron chi connectivity index (χ1n) is 6.89. The average Bonchev–Trinajstić information content (AvgIpc) is 2.39. The van der Waals surface area contributed by atoms with E-state index in [-0.39, 0.29) is 29.2 Å². The zero-order valence-electron chi connectivity index (χ0n) is 11.8. The molecule has 0 saturated carbocycles. The molecule has 0 fully saturated rings. The van der Waals surface area contributed by atoms with E-state index in [1.54, 1.807) is 0 Å². The van der Waals surface area contributed by atoms with Crippen LogP contribution < -0.4 is 21.5 Å². The molecule has 0 aliphatic heterocycles. The van der Waals surface area contributed by atoms with Gasteiger partial charge in [-0.15, -0.1) is 0 Å². The van der Waals surface area contributed by atoms with Gasteiger partial charge in [0.2, 0.25) is 0 Å². The van der Waals surface area contributed by atoms with Gasteiger partial charge in [-0.25, -0.2) is 0 Å². The lowest BCUT2D eigenvalue weighted by molar-refractivity contribution is -0.753. The molecule has 0 N–H and O–H groups in total. The topological polar surface area (TPSA) is 30.2 Å². The van der Waals surface area contributed by atoms with E-state index in [0.29, 0.717) is 6.42 Å². The third-order valence-corrected chi connectivity index (χ3v) is 2.94. The smallest absolute Gasteiger partial charge is 0.310 e. The van der Waals surface area contributed by atoms with Crippen LogP contribution in [0.15, 0.2) is 30.6 Å². The van der Waals surface area contributed by atoms with Crippen LogP contribution in [-0.2, 0) is 9.53 Å². The Hall–Kier alpha value is -0.900. The van der Waals surface area contributed by atoms with Gasteiger partial charge in [-0.05, 0) is 6.42 Å². The number of halogens is 1. The Balaban J connectivity index is 0.00000324. The van der Waals surface area contributed by atoms with Gasteiger partial charge >= 0.3 is 12.2 Å². The highest BCUT2D eigenvalue weighted by Crippen LogP contribution is 2.07. The first-order chi connectivity index (χ1) is 8.74. The number of hydrogen-bond donors (Lipinski definition) is 0. The van der Waals surface area contributed by atoms with Crippen LogP contribution >= 0.6 is 0 Å². The quantitative estimate of drug-likeness (QED) is 0.392. The number of pyridine rings is 1. The Labute approximate surface area is 126 Å². The molecular weight excluding hydrogens is 306 g/mol. The standard InChI is InChI=1S/C15H24NO2.BrH/c1-3-4-5-6-8-11-15(17)18-14(2)16-12-9-7-10-13-16;/h7,9-10,12-14H,3-6,8,11H2,1-2H3;1H/q+1;/p-1. The summed E-state index contributed by atoms with van der Waals surface area (Å²) in [5, 5.41) is 0. The highest BCUT2D eigenvalue weighted by molar-refractivity contribution is 5.69. The summed E-state index contributed by atoms with van der Waals surface area (Å²) in [6, 6.07) is 5.79. The monoisotopic (exact) mass is 329 g/mol. The number of carbonyl (C=O) groups excluding carboxylic acids is 1. The van der Waals surface area contributed by atoms with E-state index in [9.17, 15) is 4.79 Å². The Morgan fingerprint density at radius 2 is 1.74 bits per heavy atom. The van der Waals surface area contributed by atoms with Gasteiger partial charge in [-0.1, -0.05) is 38.7 Å². The summed E-state index contributed by atoms with van der Waals surface area (Å²) in [4.78, 5) is 11.6. The predicted molar refractivity (Wildman–Crippen MR) is 70.8 cm³/mol. The SMILES string of the molecule is CCCCCCCC(=O)OC(C)[n+]1ccccc1.[Br-]. The van der Waals surface area contributed by atoms with Crippen LogP contribution in [0.25, 0.3) is 0 Å². The Morgan fingerprint density at radius 1 is 1.11 bits per heavy atom. The normalized spacial score (nSPS) is 11.5. The van der Waals surface area contributed by atoms with Crippen LogP contribution in [0.1, 0.15) is 58.6 Å². The molecule has 0 saturated heterocycles. The molecule has 1 atom stereocenters. The molecule has 1 aromatic heterocycles. The fraction of sp³-hybridized carbons (Fsp3) is 0.600. The van der Waals surface area contributed by atoms with Crippen molar-refractivity contribution < 1.29 is 31.1 Å². The molecule has 1 rings (SSSR count). The van der Waals surface area contributed by atoms with Gasteiger partial charge in [0.15, 0.2) is 12.4 Å². The van der Waals surface area contributed by atoms with E-state index in [2.05, 4.69) is 6.92 Å². The number of hydrogen-bond acceptors (Lipinski definition) is 2. The van der Waals surface area contributed by atoms with Crippen molar-refractivity contribution in [3.63, 3.8) is 0 Å². The predicted octanol–water partition coefficient (Wildman–Crippen LogP) is 0.400. The van der Waals surface area contributed by atoms with Crippen molar-refractivity contribution >= 4 is 5.97 Å². The van der Waals surface area contributed by atoms with Gasteiger partial charge in [0.1, 0.15) is 0 Å². The molecule has 0 amide bonds. The zero-order valence-corrected chi connectivity index (χ0v) is 13.4. The molecule has 1 heterocycles. The van der Waals surface area contributed by atoms with E-state index in [4.69, 9.17) is 4.74 Å². The third-order valence-electron chi connectivity index (χ3n) is 2.94. The second-order valence-corrected chi connectivity index (χ2v) is 4.58. The van der Waals surface area contributed by atoms with E-state index in [1.165, 1.54) is 19.3 Å². The van der Waals surface area contributed by atoms with Gasteiger partial charge in [-0.2, -0.15) is 4.57 Å². The lowest BCUT2D eigenvalue weighted by atomic mass is 10.1. The molecule has 0 bridgehead atoms. The summed E-state index contributed by atoms with van der Waals surface area (Å²) in [7, 11) is 0. The fourth-order valence-electron chi connectivity index (χ4n) is 1.84. The lowest BCUT2D eigenvalue weighted by Gasteiger charge is -2.08. The maximum absolute atomic E-state index is 11.6. The molecule has 0 aliphatic carbocycles. The summed E-state index contributed by atoms with van der Waals surface area (Å²) < 4.78 is 7.25. The second-order valence-electron chi connectivity index (χ2n) is 4.58. The van der Waals surface area contributed by atoms with Gasteiger partial charge in [-0.3, -0.25) is 4.79 Å². The van der Waals surface area contributed by atoms with Crippen molar-refractivity contribution in [2.45, 2.75) is 58.6 Å². The molecule has 108 valence electrons. The van der Waals surface area contributed by atoms with Crippen LogP contribution in [0.2, 0.25) is 0 Å².